The Balaban J connectivity index is 1.79. The van der Waals surface area contributed by atoms with Gasteiger partial charge in [-0.3, -0.25) is 19.3 Å². The van der Waals surface area contributed by atoms with E-state index in [9.17, 15) is 14.4 Å². The topological polar surface area (TPSA) is 75.7 Å². The van der Waals surface area contributed by atoms with Crippen molar-refractivity contribution in [2.24, 2.45) is 0 Å². The molecule has 30 heavy (non-hydrogen) atoms. The van der Waals surface area contributed by atoms with Gasteiger partial charge in [0.2, 0.25) is 5.91 Å². The van der Waals surface area contributed by atoms with Crippen molar-refractivity contribution < 1.29 is 19.1 Å². The largest absolute Gasteiger partial charge is 0.495 e. The van der Waals surface area contributed by atoms with E-state index < -0.39 is 23.6 Å². The molecule has 1 aliphatic heterocycles. The Labute approximate surface area is 199 Å². The average Bonchev–Trinajstić information content (AvgIpc) is 2.92. The Bertz CT molecular complexity index is 1090. The molecular formula is C20H15Br2ClN2O4S. The highest BCUT2D eigenvalue weighted by molar-refractivity contribution is 9.11. The number of halogens is 3. The van der Waals surface area contributed by atoms with E-state index in [0.29, 0.717) is 26.5 Å². The molecule has 2 aromatic rings. The van der Waals surface area contributed by atoms with Crippen LogP contribution in [0, 0.1) is 6.92 Å². The second-order valence-corrected chi connectivity index (χ2v) is 9.49. The maximum atomic E-state index is 12.7. The first kappa shape index (κ1) is 22.9. The number of imide groups is 1. The van der Waals surface area contributed by atoms with Crippen molar-refractivity contribution in [3.8, 4) is 5.75 Å². The quantitative estimate of drug-likeness (QED) is 0.453. The highest BCUT2D eigenvalue weighted by Gasteiger charge is 2.36. The molecule has 2 aromatic carbocycles. The number of aryl methyl sites for hydroxylation is 1. The van der Waals surface area contributed by atoms with Crippen LogP contribution in [-0.2, 0) is 9.59 Å². The number of amides is 3. The van der Waals surface area contributed by atoms with Gasteiger partial charge in [0.25, 0.3) is 11.1 Å². The number of hydrogen-bond donors (Lipinski definition) is 1. The number of carbonyl (C=O) groups is 3. The first-order valence-corrected chi connectivity index (χ1v) is 11.3. The number of ether oxygens (including phenoxy) is 1. The van der Waals surface area contributed by atoms with Gasteiger partial charge < -0.3 is 10.1 Å². The Kier molecular flexibility index (Phi) is 7.28. The normalized spacial score (nSPS) is 15.1. The Morgan fingerprint density at radius 2 is 2.00 bits per heavy atom. The Morgan fingerprint density at radius 1 is 1.27 bits per heavy atom. The molecule has 0 atom stereocenters. The molecule has 156 valence electrons. The predicted octanol–water partition coefficient (Wildman–Crippen LogP) is 5.86. The predicted molar refractivity (Wildman–Crippen MR) is 126 cm³/mol. The summed E-state index contributed by atoms with van der Waals surface area (Å²) in [6, 6.07) is 8.67. The summed E-state index contributed by atoms with van der Waals surface area (Å²) in [6.07, 6.45) is 1.57. The summed E-state index contributed by atoms with van der Waals surface area (Å²) in [4.78, 5) is 38.6. The Morgan fingerprint density at radius 3 is 2.70 bits per heavy atom. The molecule has 1 saturated heterocycles. The van der Waals surface area contributed by atoms with Gasteiger partial charge in [0.05, 0.1) is 16.5 Å². The monoisotopic (exact) mass is 572 g/mol. The summed E-state index contributed by atoms with van der Waals surface area (Å²) >= 11 is 13.5. The fraction of sp³-hybridized carbons (Fsp3) is 0.150. The second-order valence-electron chi connectivity index (χ2n) is 6.29. The number of hydrogen-bond acceptors (Lipinski definition) is 5. The van der Waals surface area contributed by atoms with Crippen molar-refractivity contribution in [1.82, 2.24) is 4.90 Å². The highest BCUT2D eigenvalue weighted by Crippen LogP contribution is 2.38. The number of benzene rings is 2. The molecule has 0 radical (unpaired) electrons. The van der Waals surface area contributed by atoms with Gasteiger partial charge >= 0.3 is 0 Å². The molecule has 3 rings (SSSR count). The van der Waals surface area contributed by atoms with Crippen LogP contribution < -0.4 is 10.1 Å². The zero-order valence-electron chi connectivity index (χ0n) is 15.8. The minimum absolute atomic E-state index is 0.204. The van der Waals surface area contributed by atoms with Crippen LogP contribution in [0.3, 0.4) is 0 Å². The molecule has 0 aromatic heterocycles. The van der Waals surface area contributed by atoms with E-state index in [0.717, 1.165) is 26.7 Å². The van der Waals surface area contributed by atoms with Crippen LogP contribution in [0.15, 0.2) is 44.2 Å². The highest BCUT2D eigenvalue weighted by atomic mass is 79.9. The average molecular weight is 575 g/mol. The fourth-order valence-electron chi connectivity index (χ4n) is 2.74. The molecule has 0 aliphatic carbocycles. The minimum atomic E-state index is -0.541. The third-order valence-electron chi connectivity index (χ3n) is 4.18. The molecule has 10 heteroatoms. The van der Waals surface area contributed by atoms with Gasteiger partial charge in [0, 0.05) is 20.7 Å². The summed E-state index contributed by atoms with van der Waals surface area (Å²) < 4.78 is 6.85. The van der Waals surface area contributed by atoms with Gasteiger partial charge in [0.1, 0.15) is 12.3 Å². The van der Waals surface area contributed by atoms with Crippen LogP contribution in [0.5, 0.6) is 5.75 Å². The molecule has 6 nitrogen and oxygen atoms in total. The molecule has 0 spiro atoms. The van der Waals surface area contributed by atoms with Crippen LogP contribution in [0.4, 0.5) is 10.5 Å². The smallest absolute Gasteiger partial charge is 0.294 e. The standard InChI is InChI=1S/C20H15Br2ClN2O4S/c1-10-3-4-13(23)8-15(10)24-17(26)9-25-19(27)16(30-20(25)28)6-11-5-12(21)7-14(22)18(11)29-2/h3-8H,9H2,1-2H3,(H,24,26)/b16-6+. The number of thioether (sulfide) groups is 1. The lowest BCUT2D eigenvalue weighted by Crippen LogP contribution is -2.36. The molecular weight excluding hydrogens is 560 g/mol. The molecule has 1 aliphatic rings. The van der Waals surface area contributed by atoms with E-state index in [1.54, 1.807) is 30.3 Å². The number of methoxy groups -OCH3 is 1. The van der Waals surface area contributed by atoms with Gasteiger partial charge in [-0.15, -0.1) is 0 Å². The first-order valence-electron chi connectivity index (χ1n) is 8.54. The molecule has 0 saturated carbocycles. The van der Waals surface area contributed by atoms with Gasteiger partial charge in [-0.2, -0.15) is 0 Å². The van der Waals surface area contributed by atoms with Crippen molar-refractivity contribution in [3.05, 3.63) is 60.3 Å². The Hall–Kier alpha value is -1.81. The maximum Gasteiger partial charge on any atom is 0.294 e. The molecule has 0 bridgehead atoms. The molecule has 1 N–H and O–H groups in total. The number of carbonyl (C=O) groups excluding carboxylic acids is 3. The van der Waals surface area contributed by atoms with Crippen LogP contribution >= 0.6 is 55.2 Å². The van der Waals surface area contributed by atoms with Crippen LogP contribution in [-0.4, -0.2) is 35.6 Å². The summed E-state index contributed by atoms with van der Waals surface area (Å²) in [5, 5.41) is 2.64. The van der Waals surface area contributed by atoms with E-state index in [2.05, 4.69) is 37.2 Å². The maximum absolute atomic E-state index is 12.7. The third kappa shape index (κ3) is 5.08. The summed E-state index contributed by atoms with van der Waals surface area (Å²) in [5.74, 6) is -0.507. The van der Waals surface area contributed by atoms with E-state index >= 15 is 0 Å². The zero-order valence-corrected chi connectivity index (χ0v) is 20.5. The lowest BCUT2D eigenvalue weighted by Gasteiger charge is -2.14. The van der Waals surface area contributed by atoms with Crippen LogP contribution in [0.25, 0.3) is 6.08 Å². The SMILES string of the molecule is COc1c(Br)cc(Br)cc1/C=C1/SC(=O)N(CC(=O)Nc2cc(Cl)ccc2C)C1=O. The van der Waals surface area contributed by atoms with Gasteiger partial charge in [-0.05, 0) is 70.5 Å². The van der Waals surface area contributed by atoms with Crippen molar-refractivity contribution in [2.45, 2.75) is 6.92 Å². The second kappa shape index (κ2) is 9.55. The first-order chi connectivity index (χ1) is 14.2. The minimum Gasteiger partial charge on any atom is -0.495 e. The lowest BCUT2D eigenvalue weighted by molar-refractivity contribution is -0.127. The van der Waals surface area contributed by atoms with Crippen molar-refractivity contribution >= 4 is 84.0 Å². The van der Waals surface area contributed by atoms with Crippen LogP contribution in [0.1, 0.15) is 11.1 Å². The van der Waals surface area contributed by atoms with Gasteiger partial charge in [0.15, 0.2) is 0 Å². The van der Waals surface area contributed by atoms with Gasteiger partial charge in [-0.1, -0.05) is 33.6 Å². The van der Waals surface area contributed by atoms with Gasteiger partial charge in [-0.25, -0.2) is 0 Å². The van der Waals surface area contributed by atoms with E-state index in [4.69, 9.17) is 16.3 Å². The van der Waals surface area contributed by atoms with Crippen LogP contribution in [0.2, 0.25) is 5.02 Å². The zero-order chi connectivity index (χ0) is 22.0. The molecule has 1 fully saturated rings. The third-order valence-corrected chi connectivity index (χ3v) is 6.37. The molecule has 1 heterocycles. The number of nitrogens with zero attached hydrogens (tertiary/aromatic N) is 1. The fourth-order valence-corrected chi connectivity index (χ4v) is 5.16. The summed E-state index contributed by atoms with van der Waals surface area (Å²) in [7, 11) is 1.51. The number of rotatable bonds is 5. The molecule has 0 unspecified atom stereocenters. The summed E-state index contributed by atoms with van der Waals surface area (Å²) in [5.41, 5.74) is 1.95. The van der Waals surface area contributed by atoms with E-state index in [1.807, 2.05) is 13.0 Å². The number of anilines is 1. The van der Waals surface area contributed by atoms with Crippen molar-refractivity contribution in [2.75, 3.05) is 19.0 Å². The number of nitrogens with one attached hydrogen (secondary N) is 1. The molecule has 3 amide bonds. The van der Waals surface area contributed by atoms with Crippen molar-refractivity contribution in [1.29, 1.82) is 0 Å². The van der Waals surface area contributed by atoms with E-state index in [-0.39, 0.29) is 4.91 Å². The van der Waals surface area contributed by atoms with E-state index in [1.165, 1.54) is 7.11 Å². The lowest BCUT2D eigenvalue weighted by atomic mass is 10.2. The van der Waals surface area contributed by atoms with Crippen molar-refractivity contribution in [3.63, 3.8) is 0 Å². The summed E-state index contributed by atoms with van der Waals surface area (Å²) in [6.45, 7) is 1.42.